The molecule has 6 rings (SSSR count). The highest BCUT2D eigenvalue weighted by Crippen LogP contribution is 2.30. The second-order valence-electron chi connectivity index (χ2n) is 9.43. The van der Waals surface area contributed by atoms with Crippen LogP contribution < -0.4 is 10.6 Å². The Balaban J connectivity index is 0.000000236. The molecular weight excluding hydrogens is 523 g/mol. The number of hydrogen-bond acceptors (Lipinski definition) is 8. The van der Waals surface area contributed by atoms with Crippen molar-refractivity contribution in [1.29, 1.82) is 0 Å². The number of fused-ring (bicyclic) bond motifs is 2. The molecular formula is C27H38F3N9O. The van der Waals surface area contributed by atoms with E-state index in [1.165, 1.54) is 4.57 Å². The summed E-state index contributed by atoms with van der Waals surface area (Å²) in [7, 11) is 3.52. The van der Waals surface area contributed by atoms with Gasteiger partial charge < -0.3 is 19.9 Å². The Hall–Kier alpha value is -3.45. The first-order valence-corrected chi connectivity index (χ1v) is 13.7. The van der Waals surface area contributed by atoms with Crippen LogP contribution >= 0.6 is 0 Å². The lowest BCUT2D eigenvalue weighted by Gasteiger charge is -2.40. The number of piperidine rings is 1. The standard InChI is InChI=1S/C17H18F2N8.C8H14FNO.C2H6/c1-9-22-12-5-4-11(23-16(12)26(9)8-13(18)19)10-6-7-27-14(10)15(20-2)24-17(21-3)25-27;9-7-2-1-3-10(4-7)8-5-11-6-8;1-2/h4-7,13H,8H2,1-3H3,(H2,20,21,24,25);7-8H,1-6H2;1-2H3/t;7-;/m.1./s1. The van der Waals surface area contributed by atoms with Crippen molar-refractivity contribution in [2.24, 2.45) is 0 Å². The van der Waals surface area contributed by atoms with Gasteiger partial charge in [-0.05, 0) is 44.5 Å². The zero-order valence-electron chi connectivity index (χ0n) is 23.7. The highest BCUT2D eigenvalue weighted by molar-refractivity contribution is 5.89. The van der Waals surface area contributed by atoms with Crippen LogP contribution in [0.2, 0.25) is 0 Å². The fraction of sp³-hybridized carbons (Fsp3) is 0.556. The fourth-order valence-electron chi connectivity index (χ4n) is 4.85. The molecule has 1 atom stereocenters. The Kier molecular flexibility index (Phi) is 9.80. The third-order valence-electron chi connectivity index (χ3n) is 6.88. The van der Waals surface area contributed by atoms with Crippen molar-refractivity contribution in [1.82, 2.24) is 34.0 Å². The molecule has 40 heavy (non-hydrogen) atoms. The number of aromatic nitrogens is 6. The average Bonchev–Trinajstić information content (AvgIpc) is 3.49. The van der Waals surface area contributed by atoms with Gasteiger partial charge in [0.2, 0.25) is 5.95 Å². The van der Waals surface area contributed by atoms with Crippen molar-refractivity contribution in [2.45, 2.75) is 58.8 Å². The second kappa shape index (κ2) is 13.3. The smallest absolute Gasteiger partial charge is 0.256 e. The van der Waals surface area contributed by atoms with Crippen LogP contribution in [0.1, 0.15) is 32.5 Å². The maximum Gasteiger partial charge on any atom is 0.256 e. The Bertz CT molecular complexity index is 1400. The van der Waals surface area contributed by atoms with Gasteiger partial charge in [0.05, 0.1) is 31.5 Å². The molecule has 0 spiro atoms. The zero-order chi connectivity index (χ0) is 28.8. The molecule has 218 valence electrons. The predicted molar refractivity (Wildman–Crippen MR) is 151 cm³/mol. The molecule has 0 amide bonds. The molecule has 13 heteroatoms. The first-order chi connectivity index (χ1) is 19.4. The normalized spacial score (nSPS) is 17.7. The molecule has 2 aliphatic heterocycles. The van der Waals surface area contributed by atoms with E-state index in [9.17, 15) is 13.2 Å². The zero-order valence-corrected chi connectivity index (χ0v) is 23.7. The van der Waals surface area contributed by atoms with Crippen LogP contribution in [0.15, 0.2) is 24.4 Å². The molecule has 2 N–H and O–H groups in total. The van der Waals surface area contributed by atoms with Crippen molar-refractivity contribution >= 4 is 28.4 Å². The lowest BCUT2D eigenvalue weighted by molar-refractivity contribution is -0.0780. The molecule has 2 fully saturated rings. The minimum Gasteiger partial charge on any atom is -0.378 e. The van der Waals surface area contributed by atoms with Gasteiger partial charge >= 0.3 is 0 Å². The van der Waals surface area contributed by atoms with E-state index in [-0.39, 0.29) is 0 Å². The van der Waals surface area contributed by atoms with Crippen LogP contribution in [0, 0.1) is 6.92 Å². The number of ether oxygens (including phenoxy) is 1. The van der Waals surface area contributed by atoms with Crippen LogP contribution in [-0.2, 0) is 11.3 Å². The number of anilines is 2. The molecule has 0 unspecified atom stereocenters. The number of rotatable bonds is 6. The molecule has 4 aromatic rings. The number of hydrogen-bond donors (Lipinski definition) is 2. The third kappa shape index (κ3) is 6.30. The molecule has 0 radical (unpaired) electrons. The number of halogens is 3. The maximum atomic E-state index is 12.9. The van der Waals surface area contributed by atoms with E-state index in [2.05, 4.69) is 35.6 Å². The minimum absolute atomic E-state index is 0.434. The number of alkyl halides is 3. The van der Waals surface area contributed by atoms with E-state index in [1.807, 2.05) is 32.2 Å². The SMILES string of the molecule is CC.CNc1nc(NC)c2c(-c3ccc4nc(C)n(CC(F)F)c4n3)ccn2n1.F[C@@H]1CCCN(C2COC2)C1. The highest BCUT2D eigenvalue weighted by atomic mass is 19.3. The highest BCUT2D eigenvalue weighted by Gasteiger charge is 2.30. The molecule has 2 saturated heterocycles. The van der Waals surface area contributed by atoms with Crippen LogP contribution in [0.5, 0.6) is 0 Å². The number of nitrogens with zero attached hydrogens (tertiary/aromatic N) is 7. The number of pyridine rings is 1. The van der Waals surface area contributed by atoms with Gasteiger partial charge in [0.25, 0.3) is 6.43 Å². The minimum atomic E-state index is -2.48. The summed E-state index contributed by atoms with van der Waals surface area (Å²) in [4.78, 5) is 15.6. The summed E-state index contributed by atoms with van der Waals surface area (Å²) < 4.78 is 47.0. The van der Waals surface area contributed by atoms with E-state index >= 15 is 0 Å². The van der Waals surface area contributed by atoms with E-state index in [1.54, 1.807) is 31.6 Å². The van der Waals surface area contributed by atoms with Crippen LogP contribution in [0.3, 0.4) is 0 Å². The molecule has 0 saturated carbocycles. The summed E-state index contributed by atoms with van der Waals surface area (Å²) in [6.07, 6.45) is 0.499. The molecule has 6 heterocycles. The Morgan fingerprint density at radius 3 is 2.48 bits per heavy atom. The maximum absolute atomic E-state index is 12.9. The fourth-order valence-corrected chi connectivity index (χ4v) is 4.85. The van der Waals surface area contributed by atoms with E-state index in [0.717, 1.165) is 43.7 Å². The van der Waals surface area contributed by atoms with Gasteiger partial charge in [0.1, 0.15) is 23.0 Å². The molecule has 0 aliphatic carbocycles. The van der Waals surface area contributed by atoms with Crippen molar-refractivity contribution in [3.05, 3.63) is 30.2 Å². The lowest BCUT2D eigenvalue weighted by Crippen LogP contribution is -2.52. The first-order valence-electron chi connectivity index (χ1n) is 13.7. The Morgan fingerprint density at radius 1 is 1.07 bits per heavy atom. The van der Waals surface area contributed by atoms with Gasteiger partial charge in [0.15, 0.2) is 11.5 Å². The monoisotopic (exact) mass is 561 g/mol. The lowest BCUT2D eigenvalue weighted by atomic mass is 10.1. The van der Waals surface area contributed by atoms with Gasteiger partial charge in [-0.3, -0.25) is 4.90 Å². The average molecular weight is 562 g/mol. The second-order valence-corrected chi connectivity index (χ2v) is 9.43. The van der Waals surface area contributed by atoms with E-state index in [0.29, 0.717) is 47.0 Å². The van der Waals surface area contributed by atoms with Crippen molar-refractivity contribution in [3.63, 3.8) is 0 Å². The van der Waals surface area contributed by atoms with Gasteiger partial charge in [0, 0.05) is 32.4 Å². The van der Waals surface area contributed by atoms with Gasteiger partial charge in [-0.15, -0.1) is 5.10 Å². The summed E-state index contributed by atoms with van der Waals surface area (Å²) in [6, 6.07) is 6.01. The Labute approximate surface area is 231 Å². The summed E-state index contributed by atoms with van der Waals surface area (Å²) >= 11 is 0. The van der Waals surface area contributed by atoms with Crippen molar-refractivity contribution < 1.29 is 17.9 Å². The van der Waals surface area contributed by atoms with Gasteiger partial charge in [-0.25, -0.2) is 27.7 Å². The van der Waals surface area contributed by atoms with Gasteiger partial charge in [-0.1, -0.05) is 13.8 Å². The Morgan fingerprint density at radius 2 is 1.85 bits per heavy atom. The van der Waals surface area contributed by atoms with Crippen LogP contribution in [0.4, 0.5) is 24.9 Å². The van der Waals surface area contributed by atoms with E-state index < -0.39 is 19.1 Å². The van der Waals surface area contributed by atoms with E-state index in [4.69, 9.17) is 4.74 Å². The first kappa shape index (κ1) is 29.5. The predicted octanol–water partition coefficient (Wildman–Crippen LogP) is 4.64. The van der Waals surface area contributed by atoms with Crippen molar-refractivity contribution in [2.75, 3.05) is 51.0 Å². The number of aryl methyl sites for hydroxylation is 1. The van der Waals surface area contributed by atoms with Gasteiger partial charge in [-0.2, -0.15) is 4.98 Å². The topological polar surface area (TPSA) is 97.4 Å². The molecule has 2 aliphatic rings. The number of imidazole rings is 1. The number of likely N-dealkylation sites (tertiary alicyclic amines) is 1. The molecule has 4 aromatic heterocycles. The summed E-state index contributed by atoms with van der Waals surface area (Å²) in [5.41, 5.74) is 3.20. The largest absolute Gasteiger partial charge is 0.378 e. The van der Waals surface area contributed by atoms with Crippen LogP contribution in [0.25, 0.3) is 27.9 Å². The summed E-state index contributed by atoms with van der Waals surface area (Å²) in [6.45, 7) is 8.58. The van der Waals surface area contributed by atoms with Crippen LogP contribution in [-0.4, -0.2) is 93.1 Å². The molecule has 10 nitrogen and oxygen atoms in total. The van der Waals surface area contributed by atoms with Crippen molar-refractivity contribution in [3.8, 4) is 11.3 Å². The summed E-state index contributed by atoms with van der Waals surface area (Å²) in [5.74, 6) is 1.62. The quantitative estimate of drug-likeness (QED) is 0.351. The summed E-state index contributed by atoms with van der Waals surface area (Å²) in [5, 5.41) is 10.4. The third-order valence-corrected chi connectivity index (χ3v) is 6.88. The molecule has 0 bridgehead atoms. The molecule has 0 aromatic carbocycles. The number of nitrogens with one attached hydrogen (secondary N) is 2.